The molecule has 120 valence electrons. The number of rotatable bonds is 2. The number of anilines is 1. The van der Waals surface area contributed by atoms with Gasteiger partial charge in [-0.3, -0.25) is 9.69 Å². The molecule has 0 saturated carbocycles. The fourth-order valence-electron chi connectivity index (χ4n) is 3.02. The molecule has 1 amide bonds. The Labute approximate surface area is 145 Å². The zero-order chi connectivity index (χ0) is 16.5. The number of benzene rings is 2. The second-order valence-electron chi connectivity index (χ2n) is 5.78. The highest BCUT2D eigenvalue weighted by atomic mass is 35.5. The maximum atomic E-state index is 12.6. The Morgan fingerprint density at radius 1 is 1.08 bits per heavy atom. The van der Waals surface area contributed by atoms with Crippen LogP contribution in [-0.4, -0.2) is 22.0 Å². The van der Waals surface area contributed by atoms with E-state index in [9.17, 15) is 4.79 Å². The quantitative estimate of drug-likeness (QED) is 0.659. The van der Waals surface area contributed by atoms with E-state index in [1.54, 1.807) is 17.1 Å². The summed E-state index contributed by atoms with van der Waals surface area (Å²) >= 11 is 5.88. The molecule has 1 aliphatic heterocycles. The Morgan fingerprint density at radius 2 is 1.88 bits per heavy atom. The molecule has 4 rings (SSSR count). The van der Waals surface area contributed by atoms with Crippen molar-refractivity contribution in [3.63, 3.8) is 0 Å². The minimum Gasteiger partial charge on any atom is -0.310 e. The molecule has 0 unspecified atom stereocenters. The normalized spacial score (nSPS) is 14.3. The van der Waals surface area contributed by atoms with E-state index in [0.717, 1.165) is 35.5 Å². The summed E-state index contributed by atoms with van der Waals surface area (Å²) in [7, 11) is 0. The molecule has 0 bridgehead atoms. The lowest BCUT2D eigenvalue weighted by molar-refractivity contribution is -0.114. The molecule has 5 heteroatoms. The van der Waals surface area contributed by atoms with Crippen molar-refractivity contribution in [3.8, 4) is 0 Å². The molecule has 0 spiro atoms. The van der Waals surface area contributed by atoms with Gasteiger partial charge in [-0.15, -0.1) is 0 Å². The van der Waals surface area contributed by atoms with Crippen molar-refractivity contribution in [2.45, 2.75) is 13.0 Å². The highest BCUT2D eigenvalue weighted by molar-refractivity contribution is 6.30. The molecule has 3 aromatic rings. The molecule has 0 atom stereocenters. The average molecular weight is 338 g/mol. The number of nitrogens with zero attached hydrogens (tertiary/aromatic N) is 3. The topological polar surface area (TPSA) is 38.1 Å². The van der Waals surface area contributed by atoms with E-state index in [4.69, 9.17) is 11.6 Å². The molecule has 2 aromatic carbocycles. The van der Waals surface area contributed by atoms with Crippen LogP contribution >= 0.6 is 11.6 Å². The standard InChI is InChI=1S/C19H16ClN3O/c20-15-9-6-14(7-10-15)8-11-18(24)23-13-3-12-22-17-5-2-1-4-16(17)21-19(22)23/h1-2,4-11H,3,12-13H2/b11-8+. The molecule has 0 radical (unpaired) electrons. The van der Waals surface area contributed by atoms with E-state index in [1.807, 2.05) is 48.5 Å². The number of fused-ring (bicyclic) bond motifs is 3. The third-order valence-electron chi connectivity index (χ3n) is 4.19. The SMILES string of the molecule is O=C(/C=C/c1ccc(Cl)cc1)N1CCCn2c1nc1ccccc12. The van der Waals surface area contributed by atoms with E-state index in [1.165, 1.54) is 0 Å². The highest BCUT2D eigenvalue weighted by Crippen LogP contribution is 2.26. The Bertz CT molecular complexity index is 927. The fraction of sp³-hybridized carbons (Fsp3) is 0.158. The summed E-state index contributed by atoms with van der Waals surface area (Å²) in [5.41, 5.74) is 2.94. The smallest absolute Gasteiger partial charge is 0.253 e. The van der Waals surface area contributed by atoms with Crippen LogP contribution in [0, 0.1) is 0 Å². The number of carbonyl (C=O) groups is 1. The maximum Gasteiger partial charge on any atom is 0.253 e. The third-order valence-corrected chi connectivity index (χ3v) is 4.45. The van der Waals surface area contributed by atoms with Gasteiger partial charge >= 0.3 is 0 Å². The number of imidazole rings is 1. The van der Waals surface area contributed by atoms with Gasteiger partial charge in [0.2, 0.25) is 5.95 Å². The summed E-state index contributed by atoms with van der Waals surface area (Å²) in [6.45, 7) is 1.58. The van der Waals surface area contributed by atoms with Gasteiger partial charge in [-0.1, -0.05) is 35.9 Å². The van der Waals surface area contributed by atoms with E-state index in [-0.39, 0.29) is 5.91 Å². The van der Waals surface area contributed by atoms with Crippen LogP contribution < -0.4 is 4.90 Å². The first-order chi connectivity index (χ1) is 11.7. The van der Waals surface area contributed by atoms with Crippen LogP contribution in [0.4, 0.5) is 5.95 Å². The lowest BCUT2D eigenvalue weighted by Crippen LogP contribution is -2.36. The van der Waals surface area contributed by atoms with Crippen molar-refractivity contribution in [1.82, 2.24) is 9.55 Å². The minimum absolute atomic E-state index is 0.0544. The van der Waals surface area contributed by atoms with Crippen molar-refractivity contribution < 1.29 is 4.79 Å². The largest absolute Gasteiger partial charge is 0.310 e. The summed E-state index contributed by atoms with van der Waals surface area (Å²) in [6.07, 6.45) is 4.33. The number of para-hydroxylation sites is 2. The van der Waals surface area contributed by atoms with E-state index >= 15 is 0 Å². The number of aryl methyl sites for hydroxylation is 1. The first kappa shape index (κ1) is 15.0. The molecular weight excluding hydrogens is 322 g/mol. The van der Waals surface area contributed by atoms with Crippen LogP contribution in [0.5, 0.6) is 0 Å². The maximum absolute atomic E-state index is 12.6. The number of aromatic nitrogens is 2. The lowest BCUT2D eigenvalue weighted by atomic mass is 10.2. The summed E-state index contributed by atoms with van der Waals surface area (Å²) in [4.78, 5) is 19.0. The van der Waals surface area contributed by atoms with E-state index < -0.39 is 0 Å². The Balaban J connectivity index is 1.63. The Hall–Kier alpha value is -2.59. The summed E-state index contributed by atoms with van der Waals surface area (Å²) in [5, 5.41) is 0.684. The zero-order valence-electron chi connectivity index (χ0n) is 13.0. The lowest BCUT2D eigenvalue weighted by Gasteiger charge is -2.26. The van der Waals surface area contributed by atoms with Crippen LogP contribution in [0.15, 0.2) is 54.6 Å². The highest BCUT2D eigenvalue weighted by Gasteiger charge is 2.24. The van der Waals surface area contributed by atoms with Gasteiger partial charge in [-0.05, 0) is 42.3 Å². The molecular formula is C19H16ClN3O. The van der Waals surface area contributed by atoms with Gasteiger partial charge in [0.1, 0.15) is 0 Å². The second-order valence-corrected chi connectivity index (χ2v) is 6.22. The summed E-state index contributed by atoms with van der Waals surface area (Å²) in [6, 6.07) is 15.4. The van der Waals surface area contributed by atoms with Gasteiger partial charge in [0.25, 0.3) is 5.91 Å². The van der Waals surface area contributed by atoms with Crippen LogP contribution in [0.1, 0.15) is 12.0 Å². The van der Waals surface area contributed by atoms with Crippen LogP contribution in [0.25, 0.3) is 17.1 Å². The summed E-state index contributed by atoms with van der Waals surface area (Å²) in [5.74, 6) is 0.675. The number of halogens is 1. The molecule has 2 heterocycles. The zero-order valence-corrected chi connectivity index (χ0v) is 13.8. The molecule has 0 saturated heterocycles. The number of amides is 1. The Morgan fingerprint density at radius 3 is 2.71 bits per heavy atom. The average Bonchev–Trinajstić information content (AvgIpc) is 2.99. The third kappa shape index (κ3) is 2.69. The van der Waals surface area contributed by atoms with Crippen molar-refractivity contribution in [1.29, 1.82) is 0 Å². The van der Waals surface area contributed by atoms with Crippen molar-refractivity contribution >= 4 is 40.6 Å². The van der Waals surface area contributed by atoms with Gasteiger partial charge in [-0.2, -0.15) is 0 Å². The molecule has 0 fully saturated rings. The van der Waals surface area contributed by atoms with Crippen molar-refractivity contribution in [3.05, 3.63) is 65.2 Å². The number of carbonyl (C=O) groups excluding carboxylic acids is 1. The van der Waals surface area contributed by atoms with E-state index in [2.05, 4.69) is 9.55 Å². The predicted octanol–water partition coefficient (Wildman–Crippen LogP) is 4.14. The fourth-order valence-corrected chi connectivity index (χ4v) is 3.14. The summed E-state index contributed by atoms with van der Waals surface area (Å²) < 4.78 is 2.12. The van der Waals surface area contributed by atoms with Gasteiger partial charge in [-0.25, -0.2) is 4.98 Å². The second kappa shape index (κ2) is 6.13. The first-order valence-electron chi connectivity index (χ1n) is 7.93. The molecule has 24 heavy (non-hydrogen) atoms. The molecule has 0 aliphatic carbocycles. The number of hydrogen-bond acceptors (Lipinski definition) is 2. The van der Waals surface area contributed by atoms with Gasteiger partial charge in [0.15, 0.2) is 0 Å². The van der Waals surface area contributed by atoms with Crippen LogP contribution in [0.3, 0.4) is 0 Å². The van der Waals surface area contributed by atoms with Gasteiger partial charge in [0.05, 0.1) is 11.0 Å². The number of hydrogen-bond donors (Lipinski definition) is 0. The van der Waals surface area contributed by atoms with Crippen molar-refractivity contribution in [2.24, 2.45) is 0 Å². The van der Waals surface area contributed by atoms with Crippen LogP contribution in [-0.2, 0) is 11.3 Å². The van der Waals surface area contributed by atoms with E-state index in [0.29, 0.717) is 11.6 Å². The molecule has 1 aromatic heterocycles. The van der Waals surface area contributed by atoms with Crippen LogP contribution in [0.2, 0.25) is 5.02 Å². The molecule has 4 nitrogen and oxygen atoms in total. The molecule has 0 N–H and O–H groups in total. The first-order valence-corrected chi connectivity index (χ1v) is 8.30. The van der Waals surface area contributed by atoms with Gasteiger partial charge in [0, 0.05) is 24.2 Å². The Kier molecular flexibility index (Phi) is 3.82. The van der Waals surface area contributed by atoms with Gasteiger partial charge < -0.3 is 4.57 Å². The van der Waals surface area contributed by atoms with Crippen molar-refractivity contribution in [2.75, 3.05) is 11.4 Å². The predicted molar refractivity (Wildman–Crippen MR) is 97.2 cm³/mol. The minimum atomic E-state index is -0.0544. The monoisotopic (exact) mass is 337 g/mol. The molecule has 1 aliphatic rings.